The van der Waals surface area contributed by atoms with Crippen LogP contribution in [-0.2, 0) is 0 Å². The van der Waals surface area contributed by atoms with Gasteiger partial charge in [-0.3, -0.25) is 20.1 Å². The Morgan fingerprint density at radius 3 is 2.83 bits per heavy atom. The number of rotatable bonds is 7. The van der Waals surface area contributed by atoms with Gasteiger partial charge in [0.1, 0.15) is 29.3 Å². The Bertz CT molecular complexity index is 1620. The molecule has 0 radical (unpaired) electrons. The summed E-state index contributed by atoms with van der Waals surface area (Å²) in [5.74, 6) is 1.39. The lowest BCUT2D eigenvalue weighted by Gasteiger charge is -2.11. The summed E-state index contributed by atoms with van der Waals surface area (Å²) in [5.41, 5.74) is 5.80. The van der Waals surface area contributed by atoms with E-state index in [9.17, 15) is 0 Å². The Hall–Kier alpha value is -4.15. The molecule has 0 unspecified atom stereocenters. The van der Waals surface area contributed by atoms with Crippen molar-refractivity contribution in [2.24, 2.45) is 0 Å². The topological polar surface area (TPSA) is 109 Å². The van der Waals surface area contributed by atoms with E-state index < -0.39 is 0 Å². The second kappa shape index (κ2) is 8.90. The number of aromatic nitrogens is 7. The molecule has 9 nitrogen and oxygen atoms in total. The maximum atomic E-state index is 5.85. The van der Waals surface area contributed by atoms with E-state index in [1.807, 2.05) is 43.7 Å². The van der Waals surface area contributed by atoms with E-state index in [-0.39, 0.29) is 0 Å². The lowest BCUT2D eigenvalue weighted by atomic mass is 10.1. The van der Waals surface area contributed by atoms with Gasteiger partial charge in [0.15, 0.2) is 5.82 Å². The summed E-state index contributed by atoms with van der Waals surface area (Å²) < 4.78 is 5.85. The van der Waals surface area contributed by atoms with E-state index in [2.05, 4.69) is 41.1 Å². The Labute approximate surface area is 204 Å². The zero-order valence-corrected chi connectivity index (χ0v) is 20.0. The van der Waals surface area contributed by atoms with Gasteiger partial charge in [-0.25, -0.2) is 4.98 Å². The summed E-state index contributed by atoms with van der Waals surface area (Å²) in [6.07, 6.45) is 7.08. The Balaban J connectivity index is 1.38. The fourth-order valence-corrected chi connectivity index (χ4v) is 4.60. The van der Waals surface area contributed by atoms with Crippen molar-refractivity contribution in [1.29, 1.82) is 0 Å². The highest BCUT2D eigenvalue weighted by Gasteiger charge is 2.17. The predicted octanol–water partition coefficient (Wildman–Crippen LogP) is 4.63. The molecule has 6 heterocycles. The van der Waals surface area contributed by atoms with Gasteiger partial charge in [0, 0.05) is 29.9 Å². The number of hydrogen-bond acceptors (Lipinski definition) is 8. The average Bonchev–Trinajstić information content (AvgIpc) is 3.62. The van der Waals surface area contributed by atoms with E-state index in [1.165, 1.54) is 0 Å². The smallest absolute Gasteiger partial charge is 0.159 e. The third-order valence-corrected chi connectivity index (χ3v) is 6.52. The molecular weight excluding hydrogens is 460 g/mol. The van der Waals surface area contributed by atoms with E-state index in [0.29, 0.717) is 18.2 Å². The van der Waals surface area contributed by atoms with Gasteiger partial charge in [0.25, 0.3) is 0 Å². The highest BCUT2D eigenvalue weighted by atomic mass is 32.1. The van der Waals surface area contributed by atoms with E-state index in [1.54, 1.807) is 36.1 Å². The first kappa shape index (κ1) is 21.4. The first-order chi connectivity index (χ1) is 17.2. The van der Waals surface area contributed by atoms with Crippen molar-refractivity contribution in [3.63, 3.8) is 0 Å². The molecule has 0 aliphatic carbocycles. The second-order valence-electron chi connectivity index (χ2n) is 8.37. The lowest BCUT2D eigenvalue weighted by molar-refractivity contribution is 0.261. The maximum absolute atomic E-state index is 5.85. The van der Waals surface area contributed by atoms with Crippen molar-refractivity contribution in [3.05, 3.63) is 60.5 Å². The number of ether oxygens (including phenoxy) is 1. The van der Waals surface area contributed by atoms with Gasteiger partial charge in [-0.1, -0.05) is 6.07 Å². The van der Waals surface area contributed by atoms with Gasteiger partial charge in [-0.05, 0) is 43.7 Å². The van der Waals surface area contributed by atoms with Crippen LogP contribution >= 0.6 is 11.3 Å². The molecule has 6 aromatic heterocycles. The fourth-order valence-electron chi connectivity index (χ4n) is 3.88. The number of fused-ring (bicyclic) bond motifs is 2. The molecule has 0 fully saturated rings. The van der Waals surface area contributed by atoms with Gasteiger partial charge in [0.2, 0.25) is 0 Å². The number of hydrogen-bond donors (Lipinski definition) is 2. The summed E-state index contributed by atoms with van der Waals surface area (Å²) in [6, 6.07) is 9.95. The molecule has 35 heavy (non-hydrogen) atoms. The standard InChI is InChI=1S/C25H22N8OS/c1-33(2)7-8-34-16-10-15(12-26-13-16)19-11-17-20(14-28-19)31-32-22(17)25-29-18-5-6-27-24(23(18)30-25)21-4-3-9-35-21/h3-6,9-14H,7-8H2,1-2H3,(H,29,30)(H,31,32). The molecule has 0 saturated heterocycles. The van der Waals surface area contributed by atoms with Crippen LogP contribution in [0.25, 0.3) is 55.3 Å². The molecule has 0 spiro atoms. The summed E-state index contributed by atoms with van der Waals surface area (Å²) in [6.45, 7) is 1.42. The Kier molecular flexibility index (Phi) is 5.44. The second-order valence-corrected chi connectivity index (χ2v) is 9.31. The van der Waals surface area contributed by atoms with Crippen LogP contribution in [-0.4, -0.2) is 67.3 Å². The summed E-state index contributed by atoms with van der Waals surface area (Å²) in [7, 11) is 4.03. The highest BCUT2D eigenvalue weighted by molar-refractivity contribution is 7.13. The number of aromatic amines is 2. The summed E-state index contributed by atoms with van der Waals surface area (Å²) in [4.78, 5) is 25.0. The van der Waals surface area contributed by atoms with Gasteiger partial charge >= 0.3 is 0 Å². The number of pyridine rings is 3. The Morgan fingerprint density at radius 1 is 1.03 bits per heavy atom. The number of H-pyrrole nitrogens is 2. The number of thiophene rings is 1. The van der Waals surface area contributed by atoms with Gasteiger partial charge in [0.05, 0.1) is 34.0 Å². The van der Waals surface area contributed by atoms with Crippen molar-refractivity contribution in [1.82, 2.24) is 40.0 Å². The molecule has 0 aromatic carbocycles. The van der Waals surface area contributed by atoms with Crippen LogP contribution in [0, 0.1) is 0 Å². The molecule has 0 aliphatic rings. The molecule has 0 amide bonds. The van der Waals surface area contributed by atoms with Crippen LogP contribution < -0.4 is 4.74 Å². The monoisotopic (exact) mass is 482 g/mol. The predicted molar refractivity (Wildman–Crippen MR) is 137 cm³/mol. The number of nitrogens with one attached hydrogen (secondary N) is 2. The molecule has 0 atom stereocenters. The van der Waals surface area contributed by atoms with Gasteiger partial charge in [-0.15, -0.1) is 11.3 Å². The fraction of sp³-hybridized carbons (Fsp3) is 0.160. The highest BCUT2D eigenvalue weighted by Crippen LogP contribution is 2.33. The number of imidazole rings is 1. The molecule has 0 saturated carbocycles. The van der Waals surface area contributed by atoms with E-state index >= 15 is 0 Å². The van der Waals surface area contributed by atoms with E-state index in [0.717, 1.165) is 56.0 Å². The first-order valence-corrected chi connectivity index (χ1v) is 12.0. The van der Waals surface area contributed by atoms with Crippen molar-refractivity contribution >= 4 is 33.3 Å². The van der Waals surface area contributed by atoms with E-state index in [4.69, 9.17) is 9.72 Å². The molecule has 6 aromatic rings. The molecule has 6 rings (SSSR count). The first-order valence-electron chi connectivity index (χ1n) is 11.1. The van der Waals surface area contributed by atoms with Crippen LogP contribution in [0.4, 0.5) is 0 Å². The SMILES string of the molecule is CN(C)CCOc1cncc(-c2cc3c(-c4nc5c(-c6cccs6)nccc5[nH]4)n[nH]c3cn2)c1. The zero-order chi connectivity index (χ0) is 23.8. The summed E-state index contributed by atoms with van der Waals surface area (Å²) in [5, 5.41) is 10.6. The molecule has 174 valence electrons. The minimum absolute atomic E-state index is 0.588. The van der Waals surface area contributed by atoms with Crippen LogP contribution in [0.5, 0.6) is 5.75 Å². The largest absolute Gasteiger partial charge is 0.491 e. The molecule has 0 aliphatic heterocycles. The Morgan fingerprint density at radius 2 is 1.97 bits per heavy atom. The van der Waals surface area contributed by atoms with Crippen LogP contribution in [0.2, 0.25) is 0 Å². The molecule has 2 N–H and O–H groups in total. The zero-order valence-electron chi connectivity index (χ0n) is 19.2. The van der Waals surface area contributed by atoms with Crippen molar-refractivity contribution in [2.75, 3.05) is 27.2 Å². The third kappa shape index (κ3) is 4.13. The molecule has 0 bridgehead atoms. The minimum Gasteiger partial charge on any atom is -0.491 e. The maximum Gasteiger partial charge on any atom is 0.159 e. The van der Waals surface area contributed by atoms with Gasteiger partial charge < -0.3 is 14.6 Å². The van der Waals surface area contributed by atoms with Crippen LogP contribution in [0.1, 0.15) is 0 Å². The number of nitrogens with zero attached hydrogens (tertiary/aromatic N) is 6. The summed E-state index contributed by atoms with van der Waals surface area (Å²) >= 11 is 1.64. The van der Waals surface area contributed by atoms with Crippen LogP contribution in [0.15, 0.2) is 60.5 Å². The minimum atomic E-state index is 0.588. The van der Waals surface area contributed by atoms with Gasteiger partial charge in [-0.2, -0.15) is 5.10 Å². The number of likely N-dealkylation sites (N-methyl/N-ethyl adjacent to an activating group) is 1. The van der Waals surface area contributed by atoms with Crippen LogP contribution in [0.3, 0.4) is 0 Å². The molecular formula is C25H22N8OS. The van der Waals surface area contributed by atoms with Crippen molar-refractivity contribution < 1.29 is 4.74 Å². The van der Waals surface area contributed by atoms with Crippen molar-refractivity contribution in [3.8, 4) is 39.1 Å². The van der Waals surface area contributed by atoms with Crippen molar-refractivity contribution in [2.45, 2.75) is 0 Å². The quantitative estimate of drug-likeness (QED) is 0.342. The lowest BCUT2D eigenvalue weighted by Crippen LogP contribution is -2.19. The third-order valence-electron chi connectivity index (χ3n) is 5.64. The normalized spacial score (nSPS) is 11.6. The average molecular weight is 483 g/mol. The molecule has 10 heteroatoms.